The van der Waals surface area contributed by atoms with Crippen LogP contribution in [0.25, 0.3) is 0 Å². The molecule has 0 aromatic heterocycles. The summed E-state index contributed by atoms with van der Waals surface area (Å²) in [6, 6.07) is -3.67. The Balaban J connectivity index is 1.00. The van der Waals surface area contributed by atoms with Crippen LogP contribution in [0.5, 0.6) is 0 Å². The zero-order valence-electron chi connectivity index (χ0n) is 74.5. The van der Waals surface area contributed by atoms with Gasteiger partial charge < -0.3 is 314 Å². The second-order valence-electron chi connectivity index (χ2n) is 35.6. The number of aliphatic carboxylic acids is 2. The van der Waals surface area contributed by atoms with E-state index in [9.17, 15) is 222 Å². The maximum absolute atomic E-state index is 14.3. The van der Waals surface area contributed by atoms with Crippen molar-refractivity contribution in [2.24, 2.45) is 11.5 Å². The third-order valence-corrected chi connectivity index (χ3v) is 26.8. The molecule has 71 heteroatoms. The first-order valence-corrected chi connectivity index (χ1v) is 47.3. The van der Waals surface area contributed by atoms with Gasteiger partial charge in [-0.2, -0.15) is 0 Å². The number of hydrogen-bond acceptors (Lipinski definition) is 63. The number of rotatable bonds is 42. The minimum atomic E-state index is -6.45. The van der Waals surface area contributed by atoms with Crippen molar-refractivity contribution in [2.45, 2.75) is 368 Å². The zero-order valence-corrected chi connectivity index (χ0v) is 76.3. The van der Waals surface area contributed by atoms with E-state index < -0.39 is 468 Å². The summed E-state index contributed by atoms with van der Waals surface area (Å²) in [5, 5.41) is 402. The van der Waals surface area contributed by atoms with E-state index in [1.165, 1.54) is 0 Å². The van der Waals surface area contributed by atoms with Crippen molar-refractivity contribution in [3.63, 3.8) is 0 Å². The molecule has 11 aliphatic heterocycles. The van der Waals surface area contributed by atoms with Gasteiger partial charge in [0.2, 0.25) is 0 Å². The van der Waals surface area contributed by atoms with E-state index in [1.807, 2.05) is 0 Å². The topological polar surface area (TPSA) is 1140 Å². The number of nitrogens with two attached hydrogens (primary N) is 2. The van der Waals surface area contributed by atoms with Crippen LogP contribution in [0.3, 0.4) is 0 Å². The number of aliphatic hydroxyl groups excluding tert-OH is 34. The highest BCUT2D eigenvalue weighted by Crippen LogP contribution is 2.49. The molecule has 0 bridgehead atoms. The molecular formula is C73H126N2O67P2. The van der Waals surface area contributed by atoms with Crippen LogP contribution < -0.4 is 11.5 Å². The molecular weight excluding hydrogens is 2040 g/mol. The molecule has 0 spiro atoms. The number of phosphoric ester groups is 2. The molecule has 11 heterocycles. The lowest BCUT2D eigenvalue weighted by Gasteiger charge is -2.53. The molecule has 0 unspecified atom stereocenters. The number of hydrogen-bond donors (Lipinski definition) is 42. The summed E-state index contributed by atoms with van der Waals surface area (Å²) >= 11 is 0. The van der Waals surface area contributed by atoms with E-state index in [4.69, 9.17) is 120 Å². The van der Waals surface area contributed by atoms with Gasteiger partial charge in [-0.15, -0.1) is 0 Å². The van der Waals surface area contributed by atoms with E-state index in [0.717, 1.165) is 0 Å². The van der Waals surface area contributed by atoms with E-state index in [1.54, 1.807) is 0 Å². The van der Waals surface area contributed by atoms with E-state index in [2.05, 4.69) is 0 Å². The van der Waals surface area contributed by atoms with E-state index in [-0.39, 0.29) is 0 Å². The van der Waals surface area contributed by atoms with Crippen LogP contribution in [0.1, 0.15) is 12.8 Å². The van der Waals surface area contributed by atoms with Crippen molar-refractivity contribution in [1.82, 2.24) is 0 Å². The summed E-state index contributed by atoms with van der Waals surface area (Å²) in [4.78, 5) is 70.1. The van der Waals surface area contributed by atoms with Crippen molar-refractivity contribution >= 4 is 27.6 Å². The first-order valence-electron chi connectivity index (χ1n) is 44.2. The lowest BCUT2D eigenvalue weighted by molar-refractivity contribution is -0.411. The number of phosphoric acid groups is 2. The van der Waals surface area contributed by atoms with Gasteiger partial charge in [-0.25, -0.2) is 18.7 Å². The van der Waals surface area contributed by atoms with Crippen LogP contribution in [0.15, 0.2) is 0 Å². The molecule has 0 radical (unpaired) electrons. The van der Waals surface area contributed by atoms with Gasteiger partial charge in [0.1, 0.15) is 262 Å². The fourth-order valence-corrected chi connectivity index (χ4v) is 18.9. The Labute approximate surface area is 807 Å². The predicted octanol–water partition coefficient (Wildman–Crippen LogP) is -27.0. The summed E-state index contributed by atoms with van der Waals surface area (Å²) < 4.78 is 157. The highest BCUT2D eigenvalue weighted by molar-refractivity contribution is 7.46. The molecule has 0 aromatic carbocycles. The molecule has 0 aromatic rings. The Kier molecular flexibility index (Phi) is 42.6. The molecule has 840 valence electrons. The Bertz CT molecular complexity index is 4080. The van der Waals surface area contributed by atoms with Crippen LogP contribution in [0.4, 0.5) is 0 Å². The van der Waals surface area contributed by atoms with Crippen molar-refractivity contribution in [1.29, 1.82) is 0 Å². The highest BCUT2D eigenvalue weighted by Gasteiger charge is 2.67. The average molecular weight is 2170 g/mol. The molecule has 11 fully saturated rings. The normalized spacial score (nSPS) is 48.7. The van der Waals surface area contributed by atoms with Gasteiger partial charge in [0.25, 0.3) is 11.6 Å². The lowest BCUT2D eigenvalue weighted by atomic mass is 9.89. The Morgan fingerprint density at radius 1 is 0.312 bits per heavy atom. The van der Waals surface area contributed by atoms with Crippen LogP contribution in [0.2, 0.25) is 0 Å². The number of aliphatic hydroxyl groups is 34. The van der Waals surface area contributed by atoms with Crippen molar-refractivity contribution < 1.29 is 331 Å². The summed E-state index contributed by atoms with van der Waals surface area (Å²) in [6.07, 6.45) is -139. The number of carbonyl (C=O) groups is 2. The van der Waals surface area contributed by atoms with Crippen molar-refractivity contribution in [3.8, 4) is 0 Å². The summed E-state index contributed by atoms with van der Waals surface area (Å²) in [6.45, 7) is -15.3. The molecule has 144 heavy (non-hydrogen) atoms. The maximum Gasteiger partial charge on any atom is 0.470 e. The van der Waals surface area contributed by atoms with Gasteiger partial charge in [-0.3, -0.25) is 9.05 Å². The molecule has 0 amide bonds. The molecule has 58 atom stereocenters. The number of carboxylic acid groups (broad SMARTS) is 2. The zero-order chi connectivity index (χ0) is 107. The Morgan fingerprint density at radius 2 is 0.701 bits per heavy atom. The maximum atomic E-state index is 14.3. The fraction of sp³-hybridized carbons (Fsp3) is 0.973. The molecule has 11 rings (SSSR count). The van der Waals surface area contributed by atoms with Crippen LogP contribution in [-0.4, -0.2) is 643 Å². The fourth-order valence-electron chi connectivity index (χ4n) is 17.7. The lowest BCUT2D eigenvalue weighted by Crippen LogP contribution is -2.71. The number of ether oxygens (including phenoxy) is 21. The van der Waals surface area contributed by atoms with Crippen LogP contribution in [0, 0.1) is 0 Å². The second kappa shape index (κ2) is 50.6. The number of carboxylic acids is 2. The van der Waals surface area contributed by atoms with Crippen LogP contribution in [-0.2, 0) is 127 Å². The Hall–Kier alpha value is -3.12. The van der Waals surface area contributed by atoms with Gasteiger partial charge in [-0.1, -0.05) is 0 Å². The minimum Gasteiger partial charge on any atom is -0.477 e. The summed E-state index contributed by atoms with van der Waals surface area (Å²) in [7, 11) is -12.4. The molecule has 11 aliphatic rings. The first kappa shape index (κ1) is 121. The standard InChI is InChI=1S/C73H126N2O67P2/c74-27-35(95)33(93)24(124-61(27)109)11-121-62-28(75)36(96)54(141-143(114,115)116)26(129-62)13-123-72(70(110)111)2-20(138-73(71(112)113)1-14(83)29(89)51(139-73)17(86)5-78)55(53(140-72)18(87)6-79)133-67-47(107)57(45(105)50(131-67)16(85)4-77)134-68-48(108)58(60(142-144(117,118)119)52(132-68)19(88)10-120-64-43(103)39(99)41(101)49(130-64)15(84)3-76)136-66-46(106)56(34(94)25(128-66)12-122-63-42(102)37(97)30(90)21(7-80)125-63)135-69-59(40(100)32(92)23(9-82)127-69)137-65-44(104)38(98)31(91)22(8-81)126-65/h14-69,76-109H,1-13,74-75H2,(H,110,111)(H,112,113)(H2,114,115,116)(H2,117,118,119)/t14-,15+,16+,17-,18-,19+,20-,21-,22-,23-,24-,25-,26-,27-,28-,29-,30+,31-,32+,33-,34-,35-,36-,37+,38+,39+,40+,41+,42-,43+,44-,45-,46-,47+,48+,49-,50-,51-,52-,53-,54-,55-,56+,57+,58-,59-,60-,61+,62-,63+,64+,65-,66-,67-,68-,69-,72-,73-/m1/s1. The SMILES string of the molecule is N[C@@H]1[C@@H](O)[C@H](O)[C@@H](CO[C@@H]2O[C@H](CO[C@]3(C(=O)O)C[C@@H](O[C@]4(C(=O)O)C[C@@H](O)[C@@H](O)[C@@H]([C@H](O)CO)O4)[C@@H](O[C@H]4O[C@H]([C@@H](O)CO)[C@@H](O)[C@H](O[C@H]5O[C@H]([C@@H](O)CO[C@H]6O[C@H]([C@@H](O)CO)[C@@H](O)[C@H](O)[C@@H]6O)[C@@H](OP(=O)(O)O)[C@H](O[C@H]6O[C@H](CO[C@H]7O[C@H](CO)[C@H](O)[C@H](O)[C@H]7O)[C@@H](O)[C@H](O[C@H]7O[C@H](CO)[C@H](O)[C@H](O)[C@H]7O[C@H]7O[C@H](CO)[C@@H](O)[C@H](O)[C@H]7O)[C@H]6O)[C@@H]5O)[C@@H]4O)[C@@H]([C@H](O)CO)O3)[C@@H](OP(=O)(O)O)[C@H](O)[C@H]2N)O[C@@H]1O. The van der Waals surface area contributed by atoms with E-state index >= 15 is 0 Å². The Morgan fingerprint density at radius 3 is 1.24 bits per heavy atom. The average Bonchev–Trinajstić information content (AvgIpc) is 0.738. The largest absolute Gasteiger partial charge is 0.477 e. The second-order valence-corrected chi connectivity index (χ2v) is 38.0. The first-order chi connectivity index (χ1) is 67.4. The third kappa shape index (κ3) is 26.6. The summed E-state index contributed by atoms with van der Waals surface area (Å²) in [5.41, 5.74) is 11.8. The molecule has 11 saturated heterocycles. The molecule has 0 aliphatic carbocycles. The highest BCUT2D eigenvalue weighted by atomic mass is 31.2. The molecule has 69 nitrogen and oxygen atoms in total. The predicted molar refractivity (Wildman–Crippen MR) is 428 cm³/mol. The van der Waals surface area contributed by atoms with Gasteiger partial charge >= 0.3 is 27.6 Å². The molecule has 44 N–H and O–H groups in total. The quantitative estimate of drug-likeness (QED) is 0.0252. The van der Waals surface area contributed by atoms with Crippen molar-refractivity contribution in [3.05, 3.63) is 0 Å². The van der Waals surface area contributed by atoms with Gasteiger partial charge in [0.15, 0.2) is 56.6 Å². The minimum absolute atomic E-state index is 0.999. The third-order valence-electron chi connectivity index (χ3n) is 25.8. The smallest absolute Gasteiger partial charge is 0.470 e. The van der Waals surface area contributed by atoms with Crippen molar-refractivity contribution in [2.75, 3.05) is 72.7 Å². The monoisotopic (exact) mass is 2160 g/mol. The van der Waals surface area contributed by atoms with Crippen LogP contribution >= 0.6 is 15.6 Å². The van der Waals surface area contributed by atoms with E-state index in [0.29, 0.717) is 0 Å². The van der Waals surface area contributed by atoms with Gasteiger partial charge in [0.05, 0.1) is 97.0 Å². The van der Waals surface area contributed by atoms with Gasteiger partial charge in [0, 0.05) is 12.8 Å². The summed E-state index contributed by atoms with van der Waals surface area (Å²) in [5.74, 6) is -12.6. The molecule has 0 saturated carbocycles. The van der Waals surface area contributed by atoms with Gasteiger partial charge in [-0.05, 0) is 0 Å².